The molecule has 0 unspecified atom stereocenters. The number of thioether (sulfide) groups is 1. The molecule has 1 rings (SSSR count). The molecule has 0 aliphatic carbocycles. The van der Waals surface area contributed by atoms with Crippen LogP contribution < -0.4 is 10.6 Å². The van der Waals surface area contributed by atoms with Crippen molar-refractivity contribution in [1.29, 1.82) is 0 Å². The van der Waals surface area contributed by atoms with E-state index >= 15 is 0 Å². The van der Waals surface area contributed by atoms with E-state index in [9.17, 15) is 4.79 Å². The number of hydrogen-bond acceptors (Lipinski definition) is 3. The van der Waals surface area contributed by atoms with Crippen LogP contribution >= 0.6 is 11.8 Å². The molecule has 0 saturated heterocycles. The maximum absolute atomic E-state index is 11.4. The second kappa shape index (κ2) is 9.46. The predicted octanol–water partition coefficient (Wildman–Crippen LogP) is 2.27. The van der Waals surface area contributed by atoms with Gasteiger partial charge in [-0.3, -0.25) is 4.79 Å². The summed E-state index contributed by atoms with van der Waals surface area (Å²) in [5, 5.41) is 6.05. The van der Waals surface area contributed by atoms with E-state index in [1.165, 1.54) is 17.3 Å². The number of terminal acetylenes is 1. The first-order chi connectivity index (χ1) is 9.61. The lowest BCUT2D eigenvalue weighted by Crippen LogP contribution is -2.25. The summed E-state index contributed by atoms with van der Waals surface area (Å²) >= 11 is 1.52. The van der Waals surface area contributed by atoms with Crippen molar-refractivity contribution in [3.05, 3.63) is 29.8 Å². The second-order valence-corrected chi connectivity index (χ2v) is 5.99. The Balaban J connectivity index is 2.31. The number of rotatable bonds is 8. The van der Waals surface area contributed by atoms with Crippen LogP contribution in [0.25, 0.3) is 0 Å². The lowest BCUT2D eigenvalue weighted by Gasteiger charge is -2.08. The molecule has 0 radical (unpaired) electrons. The second-order valence-electron chi connectivity index (χ2n) is 4.94. The Labute approximate surface area is 125 Å². The first-order valence-corrected chi connectivity index (χ1v) is 7.73. The van der Waals surface area contributed by atoms with E-state index in [1.54, 1.807) is 0 Å². The molecule has 0 fully saturated rings. The van der Waals surface area contributed by atoms with Gasteiger partial charge in [0.05, 0.1) is 12.3 Å². The van der Waals surface area contributed by atoms with Crippen molar-refractivity contribution in [1.82, 2.24) is 10.6 Å². The minimum Gasteiger partial charge on any atom is -0.344 e. The third-order valence-electron chi connectivity index (χ3n) is 2.56. The summed E-state index contributed by atoms with van der Waals surface area (Å²) in [7, 11) is 0. The van der Waals surface area contributed by atoms with Gasteiger partial charge in [-0.05, 0) is 30.2 Å². The minimum absolute atomic E-state index is 0.0318. The fraction of sp³-hybridized carbons (Fsp3) is 0.438. The van der Waals surface area contributed by atoms with Gasteiger partial charge in [-0.15, -0.1) is 18.2 Å². The summed E-state index contributed by atoms with van der Waals surface area (Å²) in [5.74, 6) is 3.41. The van der Waals surface area contributed by atoms with E-state index in [2.05, 4.69) is 42.5 Å². The van der Waals surface area contributed by atoms with Crippen LogP contribution in [0.2, 0.25) is 0 Å². The molecular formula is C16H22N2OS. The Bertz CT molecular complexity index is 449. The Morgan fingerprint density at radius 3 is 2.65 bits per heavy atom. The largest absolute Gasteiger partial charge is 0.344 e. The van der Waals surface area contributed by atoms with Crippen molar-refractivity contribution in [3.8, 4) is 12.3 Å². The number of nitrogens with one attached hydrogen (secondary N) is 2. The Morgan fingerprint density at radius 1 is 1.35 bits per heavy atom. The number of carbonyl (C=O) groups is 1. The fourth-order valence-electron chi connectivity index (χ4n) is 1.56. The maximum atomic E-state index is 11.4. The van der Waals surface area contributed by atoms with Gasteiger partial charge in [0.25, 0.3) is 0 Å². The summed E-state index contributed by atoms with van der Waals surface area (Å²) < 4.78 is 0. The monoisotopic (exact) mass is 290 g/mol. The van der Waals surface area contributed by atoms with Crippen LogP contribution in [0.15, 0.2) is 29.2 Å². The zero-order chi connectivity index (χ0) is 14.8. The van der Waals surface area contributed by atoms with Gasteiger partial charge < -0.3 is 10.6 Å². The standard InChI is InChI=1S/C16H22N2OS/c1-4-9-18-16(19)12-20-15-7-5-14(6-8-15)11-17-10-13(2)3/h1,5-8,13,17H,9-12H2,2-3H3,(H,18,19). The molecule has 0 heterocycles. The molecule has 0 bridgehead atoms. The normalized spacial score (nSPS) is 10.3. The smallest absolute Gasteiger partial charge is 0.231 e. The van der Waals surface area contributed by atoms with Crippen LogP contribution in [0.4, 0.5) is 0 Å². The van der Waals surface area contributed by atoms with E-state index in [0.717, 1.165) is 18.0 Å². The van der Waals surface area contributed by atoms with Gasteiger partial charge >= 0.3 is 0 Å². The maximum Gasteiger partial charge on any atom is 0.231 e. The van der Waals surface area contributed by atoms with Gasteiger partial charge in [-0.25, -0.2) is 0 Å². The number of hydrogen-bond donors (Lipinski definition) is 2. The van der Waals surface area contributed by atoms with Crippen molar-refractivity contribution < 1.29 is 4.79 Å². The van der Waals surface area contributed by atoms with Gasteiger partial charge in [0, 0.05) is 11.4 Å². The molecule has 0 aliphatic rings. The Kier molecular flexibility index (Phi) is 7.86. The first kappa shape index (κ1) is 16.6. The summed E-state index contributed by atoms with van der Waals surface area (Å²) in [5.41, 5.74) is 1.26. The molecule has 1 amide bonds. The molecule has 108 valence electrons. The van der Waals surface area contributed by atoms with Crippen molar-refractivity contribution in [2.24, 2.45) is 5.92 Å². The van der Waals surface area contributed by atoms with Crippen LogP contribution in [-0.2, 0) is 11.3 Å². The molecule has 1 aromatic carbocycles. The average Bonchev–Trinajstić information content (AvgIpc) is 2.44. The molecule has 0 aliphatic heterocycles. The third-order valence-corrected chi connectivity index (χ3v) is 3.57. The van der Waals surface area contributed by atoms with E-state index in [0.29, 0.717) is 18.2 Å². The Morgan fingerprint density at radius 2 is 2.05 bits per heavy atom. The van der Waals surface area contributed by atoms with Crippen molar-refractivity contribution in [2.75, 3.05) is 18.8 Å². The van der Waals surface area contributed by atoms with Gasteiger partial charge in [-0.2, -0.15) is 0 Å². The Hall–Kier alpha value is -1.44. The highest BCUT2D eigenvalue weighted by atomic mass is 32.2. The van der Waals surface area contributed by atoms with E-state index in [4.69, 9.17) is 6.42 Å². The zero-order valence-electron chi connectivity index (χ0n) is 12.1. The summed E-state index contributed by atoms with van der Waals surface area (Å²) in [4.78, 5) is 12.5. The fourth-order valence-corrected chi connectivity index (χ4v) is 2.29. The molecule has 3 nitrogen and oxygen atoms in total. The van der Waals surface area contributed by atoms with Crippen molar-refractivity contribution >= 4 is 17.7 Å². The number of benzene rings is 1. The van der Waals surface area contributed by atoms with Crippen molar-refractivity contribution in [3.63, 3.8) is 0 Å². The van der Waals surface area contributed by atoms with Gasteiger partial charge in [-0.1, -0.05) is 31.9 Å². The third kappa shape index (κ3) is 7.22. The SMILES string of the molecule is C#CCNC(=O)CSc1ccc(CNCC(C)C)cc1. The first-order valence-electron chi connectivity index (χ1n) is 6.74. The average molecular weight is 290 g/mol. The van der Waals surface area contributed by atoms with Crippen molar-refractivity contribution in [2.45, 2.75) is 25.3 Å². The molecule has 4 heteroatoms. The van der Waals surface area contributed by atoms with Gasteiger partial charge in [0.15, 0.2) is 0 Å². The van der Waals surface area contributed by atoms with Crippen LogP contribution in [0.1, 0.15) is 19.4 Å². The molecule has 0 aromatic heterocycles. The summed E-state index contributed by atoms with van der Waals surface area (Å²) in [6.45, 7) is 6.58. The molecule has 2 N–H and O–H groups in total. The quantitative estimate of drug-likeness (QED) is 0.570. The molecule has 20 heavy (non-hydrogen) atoms. The lowest BCUT2D eigenvalue weighted by molar-refractivity contribution is -0.118. The molecular weight excluding hydrogens is 268 g/mol. The number of carbonyl (C=O) groups excluding carboxylic acids is 1. The highest BCUT2D eigenvalue weighted by Crippen LogP contribution is 2.18. The highest BCUT2D eigenvalue weighted by molar-refractivity contribution is 8.00. The molecule has 0 spiro atoms. The highest BCUT2D eigenvalue weighted by Gasteiger charge is 2.02. The predicted molar refractivity (Wildman–Crippen MR) is 85.6 cm³/mol. The molecule has 0 atom stereocenters. The topological polar surface area (TPSA) is 41.1 Å². The molecule has 0 saturated carbocycles. The lowest BCUT2D eigenvalue weighted by atomic mass is 10.2. The summed E-state index contributed by atoms with van der Waals surface area (Å²) in [6.07, 6.45) is 5.08. The zero-order valence-corrected chi connectivity index (χ0v) is 12.9. The minimum atomic E-state index is -0.0318. The summed E-state index contributed by atoms with van der Waals surface area (Å²) in [6, 6.07) is 8.28. The van der Waals surface area contributed by atoms with E-state index in [1.807, 2.05) is 12.1 Å². The van der Waals surface area contributed by atoms with E-state index < -0.39 is 0 Å². The van der Waals surface area contributed by atoms with Crippen LogP contribution in [0, 0.1) is 18.3 Å². The molecule has 1 aromatic rings. The van der Waals surface area contributed by atoms with E-state index in [-0.39, 0.29) is 5.91 Å². The van der Waals surface area contributed by atoms with Gasteiger partial charge in [0.2, 0.25) is 5.91 Å². The van der Waals surface area contributed by atoms with Gasteiger partial charge in [0.1, 0.15) is 0 Å². The number of amides is 1. The van der Waals surface area contributed by atoms with Crippen LogP contribution in [0.5, 0.6) is 0 Å². The van der Waals surface area contributed by atoms with Crippen LogP contribution in [-0.4, -0.2) is 24.7 Å². The van der Waals surface area contributed by atoms with Crippen LogP contribution in [0.3, 0.4) is 0 Å².